The number of dihydropyridines is 1. The van der Waals surface area contributed by atoms with E-state index in [-0.39, 0.29) is 35.5 Å². The van der Waals surface area contributed by atoms with E-state index in [0.717, 1.165) is 14.2 Å². The molecule has 0 saturated carbocycles. The van der Waals surface area contributed by atoms with Crippen molar-refractivity contribution in [1.82, 2.24) is 4.90 Å². The monoisotopic (exact) mass is 610 g/mol. The third-order valence-electron chi connectivity index (χ3n) is 6.55. The summed E-state index contributed by atoms with van der Waals surface area (Å²) in [7, 11) is 1.32. The minimum atomic E-state index is -3.98. The molecule has 1 aliphatic heterocycles. The molecule has 0 aromatic heterocycles. The molecule has 2 aromatic rings. The van der Waals surface area contributed by atoms with Crippen molar-refractivity contribution in [3.05, 3.63) is 83.3 Å². The van der Waals surface area contributed by atoms with Crippen molar-refractivity contribution in [3.8, 4) is 0 Å². The van der Waals surface area contributed by atoms with Crippen LogP contribution >= 0.6 is 7.14 Å². The van der Waals surface area contributed by atoms with Gasteiger partial charge in [0.05, 0.1) is 33.1 Å². The van der Waals surface area contributed by atoms with Gasteiger partial charge in [-0.05, 0) is 13.8 Å². The van der Waals surface area contributed by atoms with Crippen LogP contribution in [0, 0.1) is 5.92 Å². The number of ether oxygens (including phenoxy) is 4. The fourth-order valence-electron chi connectivity index (χ4n) is 4.65. The third kappa shape index (κ3) is 6.78. The van der Waals surface area contributed by atoms with Gasteiger partial charge in [-0.1, -0.05) is 66.7 Å². The van der Waals surface area contributed by atoms with E-state index < -0.39 is 43.0 Å². The Balaban J connectivity index is 2.58. The number of hydrogen-bond donors (Lipinski definition) is 0. The van der Waals surface area contributed by atoms with E-state index >= 15 is 4.57 Å². The highest BCUT2D eigenvalue weighted by Gasteiger charge is 2.47. The summed E-state index contributed by atoms with van der Waals surface area (Å²) in [6, 6.07) is 15.4. The average Bonchev–Trinajstić information content (AvgIpc) is 3.02. The number of allylic oxidation sites excluding steroid dienone is 1. The lowest BCUT2D eigenvalue weighted by atomic mass is 9.93. The van der Waals surface area contributed by atoms with Gasteiger partial charge >= 0.3 is 23.9 Å². The quantitative estimate of drug-likeness (QED) is 0.162. The molecule has 0 saturated heterocycles. The molecule has 2 aromatic carbocycles. The van der Waals surface area contributed by atoms with Crippen LogP contribution in [0.3, 0.4) is 0 Å². The Morgan fingerprint density at radius 1 is 0.791 bits per heavy atom. The fourth-order valence-corrected chi connectivity index (χ4v) is 7.52. The summed E-state index contributed by atoms with van der Waals surface area (Å²) in [6.07, 6.45) is 1.31. The van der Waals surface area contributed by atoms with E-state index in [1.807, 2.05) is 0 Å². The third-order valence-corrected chi connectivity index (χ3v) is 9.64. The van der Waals surface area contributed by atoms with Crippen LogP contribution in [-0.4, -0.2) is 82.1 Å². The maximum absolute atomic E-state index is 15.6. The van der Waals surface area contributed by atoms with Crippen LogP contribution in [0.15, 0.2) is 88.3 Å². The van der Waals surface area contributed by atoms with E-state index in [0.29, 0.717) is 10.6 Å². The zero-order valence-corrected chi connectivity index (χ0v) is 25.8. The van der Waals surface area contributed by atoms with Crippen LogP contribution in [-0.2, 0) is 42.7 Å². The maximum Gasteiger partial charge on any atom is 0.355 e. The van der Waals surface area contributed by atoms with Crippen molar-refractivity contribution in [3.63, 3.8) is 0 Å². The summed E-state index contributed by atoms with van der Waals surface area (Å²) in [5.41, 5.74) is -0.916. The van der Waals surface area contributed by atoms with E-state index in [9.17, 15) is 19.2 Å². The highest BCUT2D eigenvalue weighted by Crippen LogP contribution is 2.55. The second kappa shape index (κ2) is 14.6. The highest BCUT2D eigenvalue weighted by atomic mass is 31.2. The van der Waals surface area contributed by atoms with Crippen molar-refractivity contribution in [1.29, 1.82) is 0 Å². The molecule has 0 fully saturated rings. The van der Waals surface area contributed by atoms with Crippen LogP contribution in [0.1, 0.15) is 13.8 Å². The first-order valence-corrected chi connectivity index (χ1v) is 15.2. The molecule has 0 radical (unpaired) electrons. The Kier molecular flexibility index (Phi) is 11.2. The largest absolute Gasteiger partial charge is 0.468 e. The van der Waals surface area contributed by atoms with Gasteiger partial charge in [0.1, 0.15) is 17.2 Å². The van der Waals surface area contributed by atoms with Crippen LogP contribution in [0.25, 0.3) is 0 Å². The molecule has 43 heavy (non-hydrogen) atoms. The van der Waals surface area contributed by atoms with Gasteiger partial charge in [-0.2, -0.15) is 0 Å². The number of nitrogens with zero attached hydrogens (tertiary/aromatic N) is 2. The molecule has 1 aliphatic rings. The Hall–Kier alpha value is -4.50. The average molecular weight is 611 g/mol. The summed E-state index contributed by atoms with van der Waals surface area (Å²) in [4.78, 5) is 59.1. The van der Waals surface area contributed by atoms with Gasteiger partial charge in [0.15, 0.2) is 13.2 Å². The van der Waals surface area contributed by atoms with Gasteiger partial charge < -0.3 is 28.4 Å². The number of benzene rings is 2. The molecular formula is C31H35N2O9P. The number of hydrogen-bond acceptors (Lipinski definition) is 11. The van der Waals surface area contributed by atoms with Crippen molar-refractivity contribution in [2.75, 3.05) is 41.5 Å². The number of carbonyl (C=O) groups is 4. The predicted octanol–water partition coefficient (Wildman–Crippen LogP) is 2.61. The first kappa shape index (κ1) is 33.0. The lowest BCUT2D eigenvalue weighted by Gasteiger charge is -2.32. The molecule has 228 valence electrons. The van der Waals surface area contributed by atoms with Gasteiger partial charge in [-0.25, -0.2) is 14.4 Å². The molecule has 0 aliphatic carbocycles. The Morgan fingerprint density at radius 2 is 1.28 bits per heavy atom. The molecule has 3 rings (SSSR count). The van der Waals surface area contributed by atoms with Crippen LogP contribution in [0.2, 0.25) is 0 Å². The van der Waals surface area contributed by atoms with E-state index in [4.69, 9.17) is 18.9 Å². The minimum Gasteiger partial charge on any atom is -0.468 e. The van der Waals surface area contributed by atoms with Crippen molar-refractivity contribution >= 4 is 47.3 Å². The second-order valence-corrected chi connectivity index (χ2v) is 12.1. The highest BCUT2D eigenvalue weighted by molar-refractivity contribution is 7.83. The Labute approximate surface area is 250 Å². The van der Waals surface area contributed by atoms with Gasteiger partial charge in [0.25, 0.3) is 0 Å². The van der Waals surface area contributed by atoms with Crippen LogP contribution in [0.5, 0.6) is 0 Å². The normalized spacial score (nSPS) is 17.0. The van der Waals surface area contributed by atoms with Gasteiger partial charge in [0.2, 0.25) is 0 Å². The van der Waals surface area contributed by atoms with Crippen molar-refractivity contribution in [2.45, 2.75) is 19.9 Å². The lowest BCUT2D eigenvalue weighted by molar-refractivity contribution is -0.151. The fraction of sp³-hybridized carbons (Fsp3) is 0.323. The van der Waals surface area contributed by atoms with Gasteiger partial charge in [0, 0.05) is 30.0 Å². The molecule has 2 unspecified atom stereocenters. The number of rotatable bonds is 11. The summed E-state index contributed by atoms with van der Waals surface area (Å²) < 4.78 is 36.2. The minimum absolute atomic E-state index is 0.0107. The molecule has 11 nitrogen and oxygen atoms in total. The topological polar surface area (TPSA) is 138 Å². The smallest absolute Gasteiger partial charge is 0.355 e. The summed E-state index contributed by atoms with van der Waals surface area (Å²) >= 11 is 0. The molecule has 0 amide bonds. The lowest BCUT2D eigenvalue weighted by Crippen LogP contribution is -2.41. The van der Waals surface area contributed by atoms with Gasteiger partial charge in [-0.15, -0.1) is 0 Å². The zero-order valence-electron chi connectivity index (χ0n) is 24.9. The summed E-state index contributed by atoms with van der Waals surface area (Å²) in [5.74, 6) is -4.98. The zero-order chi connectivity index (χ0) is 31.7. The Bertz CT molecular complexity index is 1450. The van der Waals surface area contributed by atoms with Crippen LogP contribution in [0.4, 0.5) is 0 Å². The van der Waals surface area contributed by atoms with Gasteiger partial charge in [-0.3, -0.25) is 9.79 Å². The number of methoxy groups -OCH3 is 2. The number of aliphatic imine (C=N–C) groups is 1. The van der Waals surface area contributed by atoms with Crippen LogP contribution < -0.4 is 10.6 Å². The molecular weight excluding hydrogens is 575 g/mol. The van der Waals surface area contributed by atoms with E-state index in [1.165, 1.54) is 25.1 Å². The van der Waals surface area contributed by atoms with Crippen molar-refractivity contribution < 1.29 is 42.7 Å². The van der Waals surface area contributed by atoms with E-state index in [2.05, 4.69) is 4.99 Å². The summed E-state index contributed by atoms with van der Waals surface area (Å²) in [6.45, 7) is 3.10. The first-order chi connectivity index (χ1) is 20.6. The first-order valence-electron chi connectivity index (χ1n) is 13.5. The van der Waals surface area contributed by atoms with Crippen molar-refractivity contribution in [2.24, 2.45) is 10.9 Å². The summed E-state index contributed by atoms with van der Waals surface area (Å²) in [5, 5.41) is 0.643. The SMILES string of the molecule is CCOC(=O)/C(C1=NC(C(=O)OC)C(C(=O)OC)C=C1P(=O)(c1ccccc1)c1ccccc1)=C(\C(=O)OCC)N(C)C. The second-order valence-electron chi connectivity index (χ2n) is 9.39. The standard InChI is InChI=1S/C31H35N2O9P/c1-7-41-29(35)24(27(33(3)4)31(37)42-8-2)26-23(19-22(28(34)39-5)25(32-26)30(36)40-6)43(38,20-15-11-9-12-16-20)21-17-13-10-14-18-21/h9-19,22,25H,7-8H2,1-6H3/b27-24+. The molecule has 12 heteroatoms. The molecule has 2 atom stereocenters. The molecule has 0 bridgehead atoms. The Morgan fingerprint density at radius 3 is 1.72 bits per heavy atom. The molecule has 0 spiro atoms. The molecule has 1 heterocycles. The van der Waals surface area contributed by atoms with E-state index in [1.54, 1.807) is 74.5 Å². The number of likely N-dealkylation sites (N-methyl/N-ethyl adjacent to an activating group) is 1. The predicted molar refractivity (Wildman–Crippen MR) is 161 cm³/mol. The maximum atomic E-state index is 15.6. The number of esters is 4. The number of carbonyl (C=O) groups excluding carboxylic acids is 4. The molecule has 0 N–H and O–H groups in total.